The fourth-order valence-corrected chi connectivity index (χ4v) is 7.61. The van der Waals surface area contributed by atoms with Gasteiger partial charge in [-0.2, -0.15) is 0 Å². The van der Waals surface area contributed by atoms with Crippen LogP contribution >= 0.6 is 11.6 Å². The normalized spacial score (nSPS) is 13.2. The lowest BCUT2D eigenvalue weighted by atomic mass is 9.77. The molecule has 0 spiro atoms. The number of nitrogens with zero attached hydrogens (tertiary/aromatic N) is 5. The topological polar surface area (TPSA) is 90.6 Å². The Morgan fingerprint density at radius 1 is 0.717 bits per heavy atom. The molecular weight excluding hydrogens is 678 g/mol. The fraction of sp³-hybridized carbons (Fsp3) is 0.159. The molecule has 3 heterocycles. The molecule has 0 fully saturated rings. The lowest BCUT2D eigenvalue weighted by Crippen LogP contribution is -2.57. The van der Waals surface area contributed by atoms with Crippen LogP contribution in [0.5, 0.6) is 0 Å². The Balaban J connectivity index is 1.12. The van der Waals surface area contributed by atoms with Crippen LogP contribution in [0.4, 0.5) is 0 Å². The number of aryl methyl sites for hydroxylation is 1. The van der Waals surface area contributed by atoms with E-state index in [1.807, 2.05) is 40.0 Å². The molecule has 0 amide bonds. The molecule has 1 aliphatic rings. The number of hydrogen-bond acceptors (Lipinski definition) is 7. The second-order valence-corrected chi connectivity index (χ2v) is 13.6. The number of aromatic nitrogens is 3. The smallest absolute Gasteiger partial charge is 0.171 e. The number of hydrazine groups is 2. The third kappa shape index (κ3) is 6.46. The van der Waals surface area contributed by atoms with Gasteiger partial charge in [-0.1, -0.05) is 157 Å². The van der Waals surface area contributed by atoms with Gasteiger partial charge in [0, 0.05) is 29.5 Å². The highest BCUT2D eigenvalue weighted by molar-refractivity contribution is 6.30. The molecule has 0 atom stereocenters. The van der Waals surface area contributed by atoms with Crippen LogP contribution in [0.25, 0.3) is 22.2 Å². The SMILES string of the molecule is CCCCc1nc(Cl)c(CO)n1Cc1ccc2nc(-c3ccccc3C3=NNN(C(c4ccccc4)(c4ccccc4)c4ccccc4)N3)ccc2c1. The first-order chi connectivity index (χ1) is 26.1. The van der Waals surface area contributed by atoms with E-state index in [0.29, 0.717) is 23.2 Å². The van der Waals surface area contributed by atoms with E-state index in [1.54, 1.807) is 0 Å². The van der Waals surface area contributed by atoms with Gasteiger partial charge in [0.1, 0.15) is 11.4 Å². The summed E-state index contributed by atoms with van der Waals surface area (Å²) >= 11 is 6.42. The van der Waals surface area contributed by atoms with E-state index in [4.69, 9.17) is 21.7 Å². The number of hydrazone groups is 1. The fourth-order valence-electron chi connectivity index (χ4n) is 7.35. The van der Waals surface area contributed by atoms with E-state index in [0.717, 1.165) is 75.1 Å². The van der Waals surface area contributed by atoms with Gasteiger partial charge in [0.25, 0.3) is 0 Å². The van der Waals surface area contributed by atoms with Gasteiger partial charge >= 0.3 is 0 Å². The first kappa shape index (κ1) is 34.3. The van der Waals surface area contributed by atoms with Gasteiger partial charge < -0.3 is 9.67 Å². The highest BCUT2D eigenvalue weighted by Gasteiger charge is 2.45. The number of aliphatic hydroxyl groups excluding tert-OH is 1. The molecule has 0 radical (unpaired) electrons. The summed E-state index contributed by atoms with van der Waals surface area (Å²) in [7, 11) is 0. The maximum atomic E-state index is 10.1. The van der Waals surface area contributed by atoms with E-state index in [-0.39, 0.29) is 6.61 Å². The zero-order chi connectivity index (χ0) is 36.2. The number of pyridine rings is 1. The molecule has 0 unspecified atom stereocenters. The quantitative estimate of drug-likeness (QED) is 0.110. The lowest BCUT2D eigenvalue weighted by molar-refractivity contribution is 0.0761. The van der Waals surface area contributed by atoms with Crippen LogP contribution in [0, 0.1) is 0 Å². The number of imidazole rings is 1. The van der Waals surface area contributed by atoms with Crippen molar-refractivity contribution < 1.29 is 5.11 Å². The van der Waals surface area contributed by atoms with Crippen LogP contribution in [-0.2, 0) is 25.1 Å². The number of halogens is 1. The summed E-state index contributed by atoms with van der Waals surface area (Å²) in [5.74, 6) is 1.58. The van der Waals surface area contributed by atoms with Crippen LogP contribution in [0.15, 0.2) is 151 Å². The molecule has 0 saturated heterocycles. The summed E-state index contributed by atoms with van der Waals surface area (Å²) in [6.07, 6.45) is 2.88. The molecule has 8 rings (SSSR count). The van der Waals surface area contributed by atoms with Crippen LogP contribution in [0.1, 0.15) is 59.1 Å². The molecule has 2 aromatic heterocycles. The lowest BCUT2D eigenvalue weighted by Gasteiger charge is -2.42. The Kier molecular flexibility index (Phi) is 9.74. The summed E-state index contributed by atoms with van der Waals surface area (Å²) in [6, 6.07) is 50.2. The highest BCUT2D eigenvalue weighted by atomic mass is 35.5. The van der Waals surface area contributed by atoms with Crippen molar-refractivity contribution in [3.63, 3.8) is 0 Å². The second kappa shape index (κ2) is 15.0. The molecule has 264 valence electrons. The molecule has 5 aromatic carbocycles. The van der Waals surface area contributed by atoms with Gasteiger partial charge in [-0.15, -0.1) is 5.10 Å². The zero-order valence-electron chi connectivity index (χ0n) is 29.5. The van der Waals surface area contributed by atoms with Crippen molar-refractivity contribution >= 4 is 28.3 Å². The molecule has 1 aliphatic heterocycles. The standard InChI is InChI=1S/C44H40ClN7O/c1-2-3-23-41-47-42(45)40(30-53)51(41)29-31-24-26-38-32(28-31)25-27-39(46-38)36-21-13-14-22-37(36)43-48-50-52(49-43)44(33-15-7-4-8-16-33,34-17-9-5-10-18-34)35-19-11-6-12-20-35/h4-22,24-28,50,53H,2-3,23,29-30H2,1H3,(H,48,49). The number of hydrogen-bond donors (Lipinski definition) is 3. The largest absolute Gasteiger partial charge is 0.390 e. The maximum Gasteiger partial charge on any atom is 0.171 e. The maximum absolute atomic E-state index is 10.1. The molecule has 0 bridgehead atoms. The molecule has 0 aliphatic carbocycles. The Morgan fingerprint density at radius 2 is 1.34 bits per heavy atom. The van der Waals surface area contributed by atoms with E-state index in [9.17, 15) is 5.11 Å². The predicted molar refractivity (Wildman–Crippen MR) is 212 cm³/mol. The third-order valence-electron chi connectivity index (χ3n) is 9.95. The van der Waals surface area contributed by atoms with E-state index in [1.165, 1.54) is 0 Å². The molecule has 9 heteroatoms. The molecule has 8 nitrogen and oxygen atoms in total. The van der Waals surface area contributed by atoms with Crippen molar-refractivity contribution in [2.75, 3.05) is 0 Å². The summed E-state index contributed by atoms with van der Waals surface area (Å²) in [5.41, 5.74) is 14.8. The van der Waals surface area contributed by atoms with Crippen LogP contribution in [0.2, 0.25) is 5.15 Å². The number of nitrogens with one attached hydrogen (secondary N) is 2. The number of amidine groups is 1. The van der Waals surface area contributed by atoms with Gasteiger partial charge in [0.05, 0.1) is 23.5 Å². The Labute approximate surface area is 314 Å². The van der Waals surface area contributed by atoms with Crippen molar-refractivity contribution in [2.45, 2.75) is 44.9 Å². The third-order valence-corrected chi connectivity index (χ3v) is 10.3. The molecular formula is C44H40ClN7O. The van der Waals surface area contributed by atoms with Gasteiger partial charge in [-0.3, -0.25) is 5.43 Å². The zero-order valence-corrected chi connectivity index (χ0v) is 30.2. The average molecular weight is 718 g/mol. The van der Waals surface area contributed by atoms with Crippen molar-refractivity contribution in [3.05, 3.63) is 190 Å². The Morgan fingerprint density at radius 3 is 1.96 bits per heavy atom. The number of unbranched alkanes of at least 4 members (excludes halogenated alkanes) is 1. The van der Waals surface area contributed by atoms with Gasteiger partial charge in [0.2, 0.25) is 0 Å². The van der Waals surface area contributed by atoms with E-state index >= 15 is 0 Å². The van der Waals surface area contributed by atoms with Crippen molar-refractivity contribution in [3.8, 4) is 11.3 Å². The van der Waals surface area contributed by atoms with Gasteiger partial charge in [-0.05, 0) is 46.9 Å². The molecule has 53 heavy (non-hydrogen) atoms. The van der Waals surface area contributed by atoms with Crippen molar-refractivity contribution in [2.24, 2.45) is 5.10 Å². The average Bonchev–Trinajstić information content (AvgIpc) is 3.82. The van der Waals surface area contributed by atoms with E-state index in [2.05, 4.69) is 138 Å². The number of rotatable bonds is 12. The first-order valence-corrected chi connectivity index (χ1v) is 18.4. The van der Waals surface area contributed by atoms with Gasteiger partial charge in [0.15, 0.2) is 11.0 Å². The van der Waals surface area contributed by atoms with E-state index < -0.39 is 5.54 Å². The molecule has 0 saturated carbocycles. The Hall–Kier alpha value is -5.80. The summed E-state index contributed by atoms with van der Waals surface area (Å²) in [4.78, 5) is 9.70. The second-order valence-electron chi connectivity index (χ2n) is 13.2. The Bertz CT molecular complexity index is 2280. The summed E-state index contributed by atoms with van der Waals surface area (Å²) in [6.45, 7) is 2.57. The van der Waals surface area contributed by atoms with Crippen molar-refractivity contribution in [1.82, 2.24) is 30.6 Å². The number of benzene rings is 5. The van der Waals surface area contributed by atoms with Crippen molar-refractivity contribution in [1.29, 1.82) is 0 Å². The summed E-state index contributed by atoms with van der Waals surface area (Å²) in [5, 5.41) is 18.3. The number of fused-ring (bicyclic) bond motifs is 1. The van der Waals surface area contributed by atoms with Crippen LogP contribution in [-0.4, -0.2) is 30.6 Å². The molecule has 3 N–H and O–H groups in total. The predicted octanol–water partition coefficient (Wildman–Crippen LogP) is 8.61. The number of aliphatic hydroxyl groups is 1. The monoisotopic (exact) mass is 717 g/mol. The summed E-state index contributed by atoms with van der Waals surface area (Å²) < 4.78 is 2.05. The van der Waals surface area contributed by atoms with Gasteiger partial charge in [-0.25, -0.2) is 15.5 Å². The first-order valence-electron chi connectivity index (χ1n) is 18.0. The van der Waals surface area contributed by atoms with Crippen LogP contribution < -0.4 is 11.0 Å². The highest BCUT2D eigenvalue weighted by Crippen LogP contribution is 2.41. The minimum Gasteiger partial charge on any atom is -0.390 e. The van der Waals surface area contributed by atoms with Crippen LogP contribution in [0.3, 0.4) is 0 Å². The minimum absolute atomic E-state index is 0.158. The molecule has 7 aromatic rings. The minimum atomic E-state index is -0.764.